The number of hydrogen-bond donors (Lipinski definition) is 2. The minimum absolute atomic E-state index is 0.0932. The normalized spacial score (nSPS) is 17.9. The highest BCUT2D eigenvalue weighted by Crippen LogP contribution is 2.41. The first-order chi connectivity index (χ1) is 12.4. The minimum Gasteiger partial charge on any atom is -0.598 e. The van der Waals surface area contributed by atoms with E-state index in [0.29, 0.717) is 5.56 Å². The summed E-state index contributed by atoms with van der Waals surface area (Å²) in [5, 5.41) is 10.4. The molecule has 3 atom stereocenters. The molecule has 2 N–H and O–H groups in total. The van der Waals surface area contributed by atoms with Crippen LogP contribution in [-0.2, 0) is 21.3 Å². The van der Waals surface area contributed by atoms with Crippen molar-refractivity contribution in [3.63, 3.8) is 0 Å². The Kier molecular flexibility index (Phi) is 8.24. The molecule has 0 aliphatic carbocycles. The Hall–Kier alpha value is -0.153. The van der Waals surface area contributed by atoms with E-state index in [2.05, 4.69) is 38.6 Å². The van der Waals surface area contributed by atoms with Crippen LogP contribution in [-0.4, -0.2) is 35.4 Å². The van der Waals surface area contributed by atoms with Crippen molar-refractivity contribution >= 4 is 31.3 Å². The van der Waals surface area contributed by atoms with Crippen LogP contribution in [0.1, 0.15) is 54.0 Å². The van der Waals surface area contributed by atoms with Crippen LogP contribution in [0, 0.1) is 5.82 Å². The molecule has 0 saturated carbocycles. The van der Waals surface area contributed by atoms with E-state index in [4.69, 9.17) is 16.0 Å². The van der Waals surface area contributed by atoms with E-state index >= 15 is 0 Å². The van der Waals surface area contributed by atoms with Gasteiger partial charge in [-0.3, -0.25) is 0 Å². The first-order valence-electron chi connectivity index (χ1n) is 9.39. The van der Waals surface area contributed by atoms with Crippen molar-refractivity contribution < 1.29 is 18.5 Å². The van der Waals surface area contributed by atoms with E-state index in [9.17, 15) is 14.0 Å². The third-order valence-electron chi connectivity index (χ3n) is 5.38. The van der Waals surface area contributed by atoms with Crippen LogP contribution < -0.4 is 4.72 Å². The van der Waals surface area contributed by atoms with Gasteiger partial charge in [0.15, 0.2) is 8.32 Å². The molecule has 4 nitrogen and oxygen atoms in total. The fourth-order valence-corrected chi connectivity index (χ4v) is 4.92. The number of halogens is 2. The maximum atomic E-state index is 14.1. The lowest BCUT2D eigenvalue weighted by Gasteiger charge is -2.45. The summed E-state index contributed by atoms with van der Waals surface area (Å²) in [7, 11) is -2.28. The standard InChI is InChI=1S/C20H35ClFNO3SSi/c1-18(2,3)27(25)23-20(7,14-10-15(21)12-16(22)11-14)17(13-24)26-28(8,9)19(4,5)6/h10-12,17,23-24H,13H2,1-9H3/t17-,20+,27?/m1/s1. The van der Waals surface area contributed by atoms with Crippen LogP contribution >= 0.6 is 11.6 Å². The molecule has 0 amide bonds. The van der Waals surface area contributed by atoms with Gasteiger partial charge in [-0.05, 0) is 69.6 Å². The van der Waals surface area contributed by atoms with Crippen LogP contribution in [0.3, 0.4) is 0 Å². The van der Waals surface area contributed by atoms with E-state index in [1.54, 1.807) is 13.0 Å². The lowest BCUT2D eigenvalue weighted by atomic mass is 9.87. The van der Waals surface area contributed by atoms with Gasteiger partial charge in [-0.2, -0.15) is 0 Å². The second-order valence-electron chi connectivity index (χ2n) is 9.89. The highest BCUT2D eigenvalue weighted by molar-refractivity contribution is 7.90. The molecule has 0 bridgehead atoms. The summed E-state index contributed by atoms with van der Waals surface area (Å²) in [5.74, 6) is -0.499. The highest BCUT2D eigenvalue weighted by atomic mass is 35.5. The SMILES string of the molecule is CC(C)(C)[S+]([O-])N[C@@](C)(c1cc(F)cc(Cl)c1)[C@@H](CO)O[Si](C)(C)C(C)(C)C. The van der Waals surface area contributed by atoms with Crippen LogP contribution in [0.15, 0.2) is 18.2 Å². The van der Waals surface area contributed by atoms with Crippen molar-refractivity contribution in [2.45, 2.75) is 83.0 Å². The summed E-state index contributed by atoms with van der Waals surface area (Å²) < 4.78 is 36.1. The van der Waals surface area contributed by atoms with E-state index in [1.807, 2.05) is 20.8 Å². The molecule has 1 aromatic rings. The quantitative estimate of drug-likeness (QED) is 0.445. The predicted molar refractivity (Wildman–Crippen MR) is 119 cm³/mol. The lowest BCUT2D eigenvalue weighted by Crippen LogP contribution is -2.60. The van der Waals surface area contributed by atoms with Crippen molar-refractivity contribution in [2.24, 2.45) is 0 Å². The molecule has 8 heteroatoms. The fourth-order valence-electron chi connectivity index (χ4n) is 2.38. The monoisotopic (exact) mass is 451 g/mol. The molecule has 0 aliphatic heterocycles. The van der Waals surface area contributed by atoms with Gasteiger partial charge in [0.1, 0.15) is 16.1 Å². The van der Waals surface area contributed by atoms with Gasteiger partial charge in [-0.25, -0.2) is 4.39 Å². The van der Waals surface area contributed by atoms with Gasteiger partial charge in [0.25, 0.3) is 0 Å². The first-order valence-corrected chi connectivity index (χ1v) is 13.8. The zero-order chi connectivity index (χ0) is 22.1. The van der Waals surface area contributed by atoms with Crippen molar-refractivity contribution in [3.8, 4) is 0 Å². The van der Waals surface area contributed by atoms with E-state index in [0.717, 1.165) is 0 Å². The third-order valence-corrected chi connectivity index (χ3v) is 11.8. The molecule has 1 rings (SSSR count). The molecule has 0 fully saturated rings. The molecular formula is C20H35ClFNO3SSi. The molecule has 0 radical (unpaired) electrons. The van der Waals surface area contributed by atoms with Gasteiger partial charge in [0.05, 0.1) is 12.7 Å². The van der Waals surface area contributed by atoms with Crippen LogP contribution in [0.2, 0.25) is 23.2 Å². The van der Waals surface area contributed by atoms with Gasteiger partial charge in [0.2, 0.25) is 0 Å². The number of rotatable bonds is 7. The van der Waals surface area contributed by atoms with Gasteiger partial charge in [0, 0.05) is 16.4 Å². The Morgan fingerprint density at radius 1 is 1.18 bits per heavy atom. The average Bonchev–Trinajstić information content (AvgIpc) is 2.49. The summed E-state index contributed by atoms with van der Waals surface area (Å²) in [5.41, 5.74) is -0.637. The molecule has 1 aromatic carbocycles. The van der Waals surface area contributed by atoms with Crippen molar-refractivity contribution in [2.75, 3.05) is 6.61 Å². The van der Waals surface area contributed by atoms with Crippen LogP contribution in [0.5, 0.6) is 0 Å². The fraction of sp³-hybridized carbons (Fsp3) is 0.700. The summed E-state index contributed by atoms with van der Waals surface area (Å²) in [6, 6.07) is 4.18. The summed E-state index contributed by atoms with van der Waals surface area (Å²) >= 11 is 4.61. The summed E-state index contributed by atoms with van der Waals surface area (Å²) in [4.78, 5) is 0. The van der Waals surface area contributed by atoms with Gasteiger partial charge < -0.3 is 14.1 Å². The predicted octanol–water partition coefficient (Wildman–Crippen LogP) is 5.13. The van der Waals surface area contributed by atoms with Crippen molar-refractivity contribution in [3.05, 3.63) is 34.6 Å². The topological polar surface area (TPSA) is 64.5 Å². The smallest absolute Gasteiger partial charge is 0.192 e. The van der Waals surface area contributed by atoms with Crippen molar-refractivity contribution in [1.29, 1.82) is 0 Å². The molecule has 1 unspecified atom stereocenters. The third kappa shape index (κ3) is 6.17. The molecule has 0 heterocycles. The van der Waals surface area contributed by atoms with Crippen molar-refractivity contribution in [1.82, 2.24) is 4.72 Å². The number of nitrogens with one attached hydrogen (secondary N) is 1. The molecule has 28 heavy (non-hydrogen) atoms. The van der Waals surface area contributed by atoms with E-state index < -0.39 is 41.9 Å². The Balaban J connectivity index is 3.51. The molecular weight excluding hydrogens is 417 g/mol. The number of aliphatic hydroxyl groups is 1. The molecule has 0 spiro atoms. The Morgan fingerprint density at radius 2 is 1.71 bits per heavy atom. The van der Waals surface area contributed by atoms with Crippen LogP contribution in [0.25, 0.3) is 0 Å². The largest absolute Gasteiger partial charge is 0.598 e. The number of aliphatic hydroxyl groups excluding tert-OH is 1. The van der Waals surface area contributed by atoms with Gasteiger partial charge in [-0.1, -0.05) is 32.4 Å². The van der Waals surface area contributed by atoms with Gasteiger partial charge in [-0.15, -0.1) is 4.72 Å². The van der Waals surface area contributed by atoms with Crippen LogP contribution in [0.4, 0.5) is 4.39 Å². The second-order valence-corrected chi connectivity index (χ2v) is 17.1. The zero-order valence-electron chi connectivity index (χ0n) is 18.4. The summed E-state index contributed by atoms with van der Waals surface area (Å²) in [6.07, 6.45) is -0.738. The molecule has 162 valence electrons. The minimum atomic E-state index is -2.28. The van der Waals surface area contributed by atoms with E-state index in [1.165, 1.54) is 12.1 Å². The average molecular weight is 452 g/mol. The highest BCUT2D eigenvalue weighted by Gasteiger charge is 2.48. The molecule has 0 saturated heterocycles. The van der Waals surface area contributed by atoms with E-state index in [-0.39, 0.29) is 16.7 Å². The zero-order valence-corrected chi connectivity index (χ0v) is 21.0. The number of hydrogen-bond acceptors (Lipinski definition) is 4. The Labute approximate surface area is 178 Å². The maximum Gasteiger partial charge on any atom is 0.192 e. The molecule has 0 aliphatic rings. The first kappa shape index (κ1) is 25.9. The Bertz CT molecular complexity index is 658. The molecule has 0 aromatic heterocycles. The Morgan fingerprint density at radius 3 is 2.11 bits per heavy atom. The second kappa shape index (κ2) is 8.92. The number of benzene rings is 1. The lowest BCUT2D eigenvalue weighted by molar-refractivity contribution is 0.0375. The maximum absolute atomic E-state index is 14.1. The summed E-state index contributed by atoms with van der Waals surface area (Å²) in [6.45, 7) is 17.5. The van der Waals surface area contributed by atoms with Gasteiger partial charge >= 0.3 is 0 Å².